The van der Waals surface area contributed by atoms with Crippen molar-refractivity contribution >= 4 is 27.3 Å². The van der Waals surface area contributed by atoms with Crippen LogP contribution in [0, 0.1) is 11.3 Å². The number of hydrogen-bond donors (Lipinski definition) is 1. The molecule has 0 aromatic carbocycles. The second-order valence-electron chi connectivity index (χ2n) is 3.89. The highest BCUT2D eigenvalue weighted by Gasteiger charge is 2.31. The Kier molecular flexibility index (Phi) is 3.30. The van der Waals surface area contributed by atoms with Crippen molar-refractivity contribution in [3.8, 4) is 6.07 Å². The fourth-order valence-corrected chi connectivity index (χ4v) is 2.35. The molecule has 0 spiro atoms. The zero-order valence-corrected chi connectivity index (χ0v) is 10.4. The van der Waals surface area contributed by atoms with Crippen LogP contribution in [0.3, 0.4) is 0 Å². The summed E-state index contributed by atoms with van der Waals surface area (Å²) in [6, 6.07) is 2.71. The van der Waals surface area contributed by atoms with Crippen LogP contribution in [0.2, 0.25) is 0 Å². The van der Waals surface area contributed by atoms with Crippen LogP contribution >= 0.6 is 15.9 Å². The summed E-state index contributed by atoms with van der Waals surface area (Å²) in [6.45, 7) is 0.730. The van der Waals surface area contributed by atoms with Crippen molar-refractivity contribution in [2.45, 2.75) is 25.3 Å². The quantitative estimate of drug-likeness (QED) is 0.919. The number of rotatable bonds is 4. The Morgan fingerprint density at radius 1 is 1.56 bits per heavy atom. The average Bonchev–Trinajstić information content (AvgIpc) is 3.06. The Hall–Kier alpha value is -1.28. The lowest BCUT2D eigenvalue weighted by Crippen LogP contribution is -2.28. The molecule has 84 valence electrons. The smallest absolute Gasteiger partial charge is 0.0778 e. The first-order chi connectivity index (χ1) is 7.74. The van der Waals surface area contributed by atoms with Gasteiger partial charge in [-0.25, -0.2) is 0 Å². The Labute approximate surface area is 103 Å². The van der Waals surface area contributed by atoms with E-state index in [2.05, 4.69) is 31.9 Å². The molecule has 1 saturated carbocycles. The maximum Gasteiger partial charge on any atom is 0.0778 e. The third-order valence-corrected chi connectivity index (χ3v) is 3.22. The lowest BCUT2D eigenvalue weighted by Gasteiger charge is -2.25. The summed E-state index contributed by atoms with van der Waals surface area (Å²) < 4.78 is 0.900. The van der Waals surface area contributed by atoms with Crippen LogP contribution in [-0.4, -0.2) is 17.6 Å². The molecule has 2 rings (SSSR count). The minimum atomic E-state index is 0.519. The molecule has 1 aliphatic rings. The number of halogens is 1. The molecule has 0 radical (unpaired) electrons. The van der Waals surface area contributed by atoms with E-state index in [-0.39, 0.29) is 0 Å². The molecule has 0 saturated heterocycles. The summed E-state index contributed by atoms with van der Waals surface area (Å²) in [5.41, 5.74) is 7.59. The summed E-state index contributed by atoms with van der Waals surface area (Å²) in [5, 5.41) is 8.67. The maximum atomic E-state index is 8.67. The van der Waals surface area contributed by atoms with E-state index in [0.717, 1.165) is 16.7 Å². The number of nitrogens with two attached hydrogens (primary N) is 1. The fraction of sp³-hybridized carbons (Fsp3) is 0.455. The van der Waals surface area contributed by atoms with Crippen molar-refractivity contribution in [2.24, 2.45) is 0 Å². The van der Waals surface area contributed by atoms with Crippen molar-refractivity contribution in [3.63, 3.8) is 0 Å². The van der Waals surface area contributed by atoms with Crippen molar-refractivity contribution in [1.82, 2.24) is 4.98 Å². The first-order valence-corrected chi connectivity index (χ1v) is 6.06. The number of nitriles is 1. The molecule has 16 heavy (non-hydrogen) atoms. The van der Waals surface area contributed by atoms with Crippen molar-refractivity contribution in [1.29, 1.82) is 5.26 Å². The third kappa shape index (κ3) is 2.27. The van der Waals surface area contributed by atoms with Gasteiger partial charge in [-0.2, -0.15) is 5.26 Å². The average molecular weight is 281 g/mol. The van der Waals surface area contributed by atoms with Crippen molar-refractivity contribution in [2.75, 3.05) is 17.2 Å². The normalized spacial score (nSPS) is 14.5. The monoisotopic (exact) mass is 280 g/mol. The summed E-state index contributed by atoms with van der Waals surface area (Å²) in [4.78, 5) is 6.24. The second kappa shape index (κ2) is 4.71. The molecule has 2 N–H and O–H groups in total. The number of aromatic nitrogens is 1. The van der Waals surface area contributed by atoms with Crippen molar-refractivity contribution in [3.05, 3.63) is 16.9 Å². The largest absolute Gasteiger partial charge is 0.396 e. The van der Waals surface area contributed by atoms with E-state index < -0.39 is 0 Å². The van der Waals surface area contributed by atoms with E-state index in [0.29, 0.717) is 18.2 Å². The molecule has 0 amide bonds. The highest BCUT2D eigenvalue weighted by atomic mass is 79.9. The lowest BCUT2D eigenvalue weighted by molar-refractivity contribution is 0.791. The Morgan fingerprint density at radius 2 is 2.31 bits per heavy atom. The molecule has 4 nitrogen and oxygen atoms in total. The highest BCUT2D eigenvalue weighted by Crippen LogP contribution is 2.38. The molecular weight excluding hydrogens is 268 g/mol. The topological polar surface area (TPSA) is 65.9 Å². The van der Waals surface area contributed by atoms with Gasteiger partial charge in [0.1, 0.15) is 0 Å². The van der Waals surface area contributed by atoms with E-state index in [1.54, 1.807) is 12.4 Å². The van der Waals surface area contributed by atoms with Crippen molar-refractivity contribution < 1.29 is 0 Å². The van der Waals surface area contributed by atoms with E-state index in [1.807, 2.05) is 0 Å². The van der Waals surface area contributed by atoms with Crippen LogP contribution < -0.4 is 10.6 Å². The highest BCUT2D eigenvalue weighted by molar-refractivity contribution is 9.10. The van der Waals surface area contributed by atoms with Crippen LogP contribution in [0.15, 0.2) is 16.9 Å². The van der Waals surface area contributed by atoms with Crippen LogP contribution in [0.25, 0.3) is 0 Å². The van der Waals surface area contributed by atoms with Gasteiger partial charge in [0.15, 0.2) is 0 Å². The van der Waals surface area contributed by atoms with E-state index in [1.165, 1.54) is 12.8 Å². The van der Waals surface area contributed by atoms with Gasteiger partial charge >= 0.3 is 0 Å². The van der Waals surface area contributed by atoms with Gasteiger partial charge in [-0.15, -0.1) is 0 Å². The Bertz CT molecular complexity index is 402. The van der Waals surface area contributed by atoms with Gasteiger partial charge in [-0.3, -0.25) is 4.98 Å². The van der Waals surface area contributed by atoms with Crippen LogP contribution in [0.5, 0.6) is 0 Å². The standard InChI is InChI=1S/C11H13BrN4/c12-9-6-15-7-10(14)11(9)16(5-1-4-13)8-2-3-8/h6-8H,1-3,5,14H2. The van der Waals surface area contributed by atoms with Gasteiger partial charge in [-0.05, 0) is 28.8 Å². The first kappa shape index (κ1) is 11.2. The minimum absolute atomic E-state index is 0.519. The molecule has 0 atom stereocenters. The lowest BCUT2D eigenvalue weighted by atomic mass is 10.2. The molecule has 1 aromatic rings. The van der Waals surface area contributed by atoms with Gasteiger partial charge in [0.05, 0.1) is 34.5 Å². The number of nitrogen functional groups attached to an aromatic ring is 1. The Balaban J connectivity index is 2.27. The molecular formula is C11H13BrN4. The van der Waals surface area contributed by atoms with Gasteiger partial charge in [-0.1, -0.05) is 0 Å². The van der Waals surface area contributed by atoms with Crippen LogP contribution in [-0.2, 0) is 0 Å². The van der Waals surface area contributed by atoms with E-state index >= 15 is 0 Å². The molecule has 0 aliphatic heterocycles. The number of anilines is 2. The van der Waals surface area contributed by atoms with E-state index in [9.17, 15) is 0 Å². The summed E-state index contributed by atoms with van der Waals surface area (Å²) in [6.07, 6.45) is 6.28. The SMILES string of the molecule is N#CCCN(c1c(N)cncc1Br)C1CC1. The summed E-state index contributed by atoms with van der Waals surface area (Å²) >= 11 is 3.47. The molecule has 1 aromatic heterocycles. The predicted molar refractivity (Wildman–Crippen MR) is 66.9 cm³/mol. The summed E-state index contributed by atoms with van der Waals surface area (Å²) in [5.74, 6) is 0. The van der Waals surface area contributed by atoms with Crippen LogP contribution in [0.4, 0.5) is 11.4 Å². The Morgan fingerprint density at radius 3 is 2.88 bits per heavy atom. The van der Waals surface area contributed by atoms with Gasteiger partial charge < -0.3 is 10.6 Å². The van der Waals surface area contributed by atoms with Gasteiger partial charge in [0.25, 0.3) is 0 Å². The number of hydrogen-bond acceptors (Lipinski definition) is 4. The summed E-state index contributed by atoms with van der Waals surface area (Å²) in [7, 11) is 0. The maximum absolute atomic E-state index is 8.67. The number of nitrogens with zero attached hydrogens (tertiary/aromatic N) is 3. The van der Waals surface area contributed by atoms with E-state index in [4.69, 9.17) is 11.0 Å². The fourth-order valence-electron chi connectivity index (χ4n) is 1.78. The minimum Gasteiger partial charge on any atom is -0.396 e. The molecule has 1 aliphatic carbocycles. The van der Waals surface area contributed by atoms with Crippen LogP contribution in [0.1, 0.15) is 19.3 Å². The molecule has 1 heterocycles. The number of pyridine rings is 1. The first-order valence-electron chi connectivity index (χ1n) is 5.26. The molecule has 0 bridgehead atoms. The second-order valence-corrected chi connectivity index (χ2v) is 4.75. The molecule has 1 fully saturated rings. The molecule has 0 unspecified atom stereocenters. The van der Waals surface area contributed by atoms with Gasteiger partial charge in [0, 0.05) is 18.8 Å². The predicted octanol–water partition coefficient (Wildman–Crippen LogP) is 2.31. The zero-order chi connectivity index (χ0) is 11.5. The third-order valence-electron chi connectivity index (χ3n) is 2.64. The van der Waals surface area contributed by atoms with Gasteiger partial charge in [0.2, 0.25) is 0 Å². The molecule has 5 heteroatoms. The zero-order valence-electron chi connectivity index (χ0n) is 8.86.